The van der Waals surface area contributed by atoms with Crippen LogP contribution in [0.4, 0.5) is 5.69 Å². The van der Waals surface area contributed by atoms with Crippen molar-refractivity contribution in [1.29, 1.82) is 0 Å². The minimum absolute atomic E-state index is 0.301. The number of hydrogen-bond donors (Lipinski definition) is 1. The lowest BCUT2D eigenvalue weighted by Gasteiger charge is -2.18. The normalized spacial score (nSPS) is 12.2. The smallest absolute Gasteiger partial charge is 0.0486 e. The van der Waals surface area contributed by atoms with Gasteiger partial charge in [-0.3, -0.25) is 0 Å². The molecule has 0 saturated carbocycles. The van der Waals surface area contributed by atoms with Crippen molar-refractivity contribution in [2.24, 2.45) is 0 Å². The van der Waals surface area contributed by atoms with Gasteiger partial charge in [0.2, 0.25) is 0 Å². The van der Waals surface area contributed by atoms with Crippen LogP contribution in [0.1, 0.15) is 31.0 Å². The van der Waals surface area contributed by atoms with Gasteiger partial charge in [0, 0.05) is 16.2 Å². The molecule has 1 N–H and O–H groups in total. The zero-order chi connectivity index (χ0) is 13.0. The molecule has 0 radical (unpaired) electrons. The van der Waals surface area contributed by atoms with Crippen LogP contribution >= 0.6 is 15.9 Å². The molecule has 0 amide bonds. The van der Waals surface area contributed by atoms with Crippen molar-refractivity contribution in [3.8, 4) is 0 Å². The third-order valence-corrected chi connectivity index (χ3v) is 3.61. The van der Waals surface area contributed by atoms with Crippen LogP contribution in [0.15, 0.2) is 53.0 Å². The Hall–Kier alpha value is -1.28. The summed E-state index contributed by atoms with van der Waals surface area (Å²) in [5.74, 6) is 0. The average molecular weight is 304 g/mol. The fourth-order valence-electron chi connectivity index (χ4n) is 2.06. The highest BCUT2D eigenvalue weighted by Gasteiger charge is 2.07. The van der Waals surface area contributed by atoms with Gasteiger partial charge in [0.05, 0.1) is 0 Å². The summed E-state index contributed by atoms with van der Waals surface area (Å²) in [4.78, 5) is 0. The number of aryl methyl sites for hydroxylation is 1. The van der Waals surface area contributed by atoms with Gasteiger partial charge >= 0.3 is 0 Å². The Morgan fingerprint density at radius 1 is 1.11 bits per heavy atom. The molecule has 0 aliphatic heterocycles. The fraction of sp³-hybridized carbons (Fsp3) is 0.250. The largest absolute Gasteiger partial charge is 0.378 e. The zero-order valence-electron chi connectivity index (χ0n) is 10.8. The van der Waals surface area contributed by atoms with E-state index in [0.29, 0.717) is 6.04 Å². The summed E-state index contributed by atoms with van der Waals surface area (Å²) in [6.45, 7) is 4.37. The van der Waals surface area contributed by atoms with Gasteiger partial charge in [-0.2, -0.15) is 0 Å². The molecule has 18 heavy (non-hydrogen) atoms. The summed E-state index contributed by atoms with van der Waals surface area (Å²) in [5.41, 5.74) is 3.88. The maximum atomic E-state index is 3.58. The second-order valence-electron chi connectivity index (χ2n) is 4.43. The number of nitrogens with one attached hydrogen (secondary N) is 1. The van der Waals surface area contributed by atoms with E-state index in [9.17, 15) is 0 Å². The third-order valence-electron chi connectivity index (χ3n) is 3.12. The van der Waals surface area contributed by atoms with Gasteiger partial charge in [-0.15, -0.1) is 0 Å². The molecule has 94 valence electrons. The van der Waals surface area contributed by atoms with Crippen molar-refractivity contribution < 1.29 is 0 Å². The van der Waals surface area contributed by atoms with Crippen molar-refractivity contribution >= 4 is 21.6 Å². The maximum Gasteiger partial charge on any atom is 0.0486 e. The summed E-state index contributed by atoms with van der Waals surface area (Å²) < 4.78 is 1.12. The van der Waals surface area contributed by atoms with Crippen molar-refractivity contribution in [3.63, 3.8) is 0 Å². The van der Waals surface area contributed by atoms with Crippen LogP contribution in [0.3, 0.4) is 0 Å². The fourth-order valence-corrected chi connectivity index (χ4v) is 2.48. The SMILES string of the molecule is CCc1ccccc1NC(C)c1cccc(Br)c1. The van der Waals surface area contributed by atoms with Gasteiger partial charge in [0.1, 0.15) is 0 Å². The van der Waals surface area contributed by atoms with E-state index in [1.807, 2.05) is 0 Å². The molecule has 0 heterocycles. The molecule has 2 aromatic rings. The minimum atomic E-state index is 0.301. The first kappa shape index (κ1) is 13.2. The highest BCUT2D eigenvalue weighted by Crippen LogP contribution is 2.24. The van der Waals surface area contributed by atoms with Crippen molar-refractivity contribution in [1.82, 2.24) is 0 Å². The molecular weight excluding hydrogens is 286 g/mol. The summed E-state index contributed by atoms with van der Waals surface area (Å²) >= 11 is 3.52. The highest BCUT2D eigenvalue weighted by molar-refractivity contribution is 9.10. The highest BCUT2D eigenvalue weighted by atomic mass is 79.9. The van der Waals surface area contributed by atoms with Crippen LogP contribution in [0.25, 0.3) is 0 Å². The molecule has 1 nitrogen and oxygen atoms in total. The van der Waals surface area contributed by atoms with Crippen LogP contribution in [-0.2, 0) is 6.42 Å². The van der Waals surface area contributed by atoms with E-state index in [-0.39, 0.29) is 0 Å². The van der Waals surface area contributed by atoms with Crippen molar-refractivity contribution in [2.45, 2.75) is 26.3 Å². The number of anilines is 1. The van der Waals surface area contributed by atoms with Gasteiger partial charge in [0.15, 0.2) is 0 Å². The molecule has 2 rings (SSSR count). The third kappa shape index (κ3) is 3.14. The number of rotatable bonds is 4. The Bertz CT molecular complexity index is 522. The van der Waals surface area contributed by atoms with E-state index in [1.54, 1.807) is 0 Å². The van der Waals surface area contributed by atoms with E-state index in [4.69, 9.17) is 0 Å². The molecule has 0 aliphatic rings. The number of benzene rings is 2. The average Bonchev–Trinajstić information content (AvgIpc) is 2.39. The summed E-state index contributed by atoms with van der Waals surface area (Å²) in [7, 11) is 0. The Labute approximate surface area is 117 Å². The Morgan fingerprint density at radius 2 is 1.89 bits per heavy atom. The first-order chi connectivity index (χ1) is 8.70. The lowest BCUT2D eigenvalue weighted by atomic mass is 10.1. The van der Waals surface area contributed by atoms with Crippen molar-refractivity contribution in [2.75, 3.05) is 5.32 Å². The number of halogens is 1. The van der Waals surface area contributed by atoms with Crippen LogP contribution in [0.2, 0.25) is 0 Å². The topological polar surface area (TPSA) is 12.0 Å². The zero-order valence-corrected chi connectivity index (χ0v) is 12.4. The van der Waals surface area contributed by atoms with Gasteiger partial charge in [-0.25, -0.2) is 0 Å². The molecule has 0 aliphatic carbocycles. The quantitative estimate of drug-likeness (QED) is 0.820. The van der Waals surface area contributed by atoms with Crippen molar-refractivity contribution in [3.05, 3.63) is 64.1 Å². The Balaban J connectivity index is 2.18. The molecule has 1 unspecified atom stereocenters. The van der Waals surface area contributed by atoms with E-state index in [1.165, 1.54) is 16.8 Å². The van der Waals surface area contributed by atoms with E-state index in [0.717, 1.165) is 10.9 Å². The van der Waals surface area contributed by atoms with Gasteiger partial charge < -0.3 is 5.32 Å². The van der Waals surface area contributed by atoms with Gasteiger partial charge in [0.25, 0.3) is 0 Å². The minimum Gasteiger partial charge on any atom is -0.378 e. The lowest BCUT2D eigenvalue weighted by molar-refractivity contribution is 0.878. The summed E-state index contributed by atoms with van der Waals surface area (Å²) in [5, 5.41) is 3.58. The first-order valence-electron chi connectivity index (χ1n) is 6.30. The predicted molar refractivity (Wildman–Crippen MR) is 82.0 cm³/mol. The monoisotopic (exact) mass is 303 g/mol. The van der Waals surface area contributed by atoms with Crippen LogP contribution in [0.5, 0.6) is 0 Å². The summed E-state index contributed by atoms with van der Waals surface area (Å²) in [6, 6.07) is 17.2. The number of hydrogen-bond acceptors (Lipinski definition) is 1. The van der Waals surface area contributed by atoms with E-state index >= 15 is 0 Å². The predicted octanol–water partition coefficient (Wildman–Crippen LogP) is 5.18. The molecular formula is C16H18BrN. The second kappa shape index (κ2) is 6.05. The van der Waals surface area contributed by atoms with Gasteiger partial charge in [-0.1, -0.05) is 53.2 Å². The Morgan fingerprint density at radius 3 is 2.61 bits per heavy atom. The van der Waals surface area contributed by atoms with E-state index in [2.05, 4.69) is 83.6 Å². The molecule has 0 aromatic heterocycles. The molecule has 0 bridgehead atoms. The van der Waals surface area contributed by atoms with Gasteiger partial charge in [-0.05, 0) is 42.7 Å². The van der Waals surface area contributed by atoms with E-state index < -0.39 is 0 Å². The maximum absolute atomic E-state index is 3.58. The molecule has 0 spiro atoms. The second-order valence-corrected chi connectivity index (χ2v) is 5.35. The standard InChI is InChI=1S/C16H18BrN/c1-3-13-7-4-5-10-16(13)18-12(2)14-8-6-9-15(17)11-14/h4-12,18H,3H2,1-2H3. The molecule has 0 saturated heterocycles. The Kier molecular flexibility index (Phi) is 4.43. The van der Waals surface area contributed by atoms with Crippen LogP contribution < -0.4 is 5.32 Å². The number of para-hydroxylation sites is 1. The molecule has 2 aromatic carbocycles. The first-order valence-corrected chi connectivity index (χ1v) is 7.10. The lowest BCUT2D eigenvalue weighted by Crippen LogP contribution is -2.08. The molecule has 1 atom stereocenters. The summed E-state index contributed by atoms with van der Waals surface area (Å²) in [6.07, 6.45) is 1.05. The molecule has 0 fully saturated rings. The van der Waals surface area contributed by atoms with Crippen LogP contribution in [-0.4, -0.2) is 0 Å². The van der Waals surface area contributed by atoms with Crippen LogP contribution in [0, 0.1) is 0 Å². The molecule has 2 heteroatoms.